The van der Waals surface area contributed by atoms with E-state index in [4.69, 9.17) is 9.97 Å². The molecule has 0 amide bonds. The van der Waals surface area contributed by atoms with Crippen LogP contribution in [-0.2, 0) is 0 Å². The molecule has 2 aromatic heterocycles. The molecule has 0 radical (unpaired) electrons. The van der Waals surface area contributed by atoms with Gasteiger partial charge < -0.3 is 9.80 Å². The van der Waals surface area contributed by atoms with Gasteiger partial charge in [-0.1, -0.05) is 36.8 Å². The summed E-state index contributed by atoms with van der Waals surface area (Å²) in [6.45, 7) is 9.03. The van der Waals surface area contributed by atoms with E-state index < -0.39 is 0 Å². The Balaban J connectivity index is 2.12. The van der Waals surface area contributed by atoms with Crippen molar-refractivity contribution in [2.24, 2.45) is 0 Å². The molecule has 0 fully saturated rings. The molecule has 6 heteroatoms. The molecule has 0 saturated heterocycles. The molecule has 3 rings (SSSR count). The number of likely N-dealkylation sites (N-methyl/N-ethyl adjacent to an activating group) is 2. The van der Waals surface area contributed by atoms with Gasteiger partial charge in [0.1, 0.15) is 21.6 Å². The van der Waals surface area contributed by atoms with E-state index in [1.807, 2.05) is 6.92 Å². The highest BCUT2D eigenvalue weighted by atomic mass is 32.1. The van der Waals surface area contributed by atoms with Crippen molar-refractivity contribution in [1.82, 2.24) is 14.9 Å². The van der Waals surface area contributed by atoms with Gasteiger partial charge in [0.05, 0.1) is 5.39 Å². The monoisotopic (exact) mass is 379 g/mol. The summed E-state index contributed by atoms with van der Waals surface area (Å²) >= 11 is 1.45. The average molecular weight is 380 g/mol. The number of aromatic nitrogens is 2. The highest BCUT2D eigenvalue weighted by Gasteiger charge is 2.19. The summed E-state index contributed by atoms with van der Waals surface area (Å²) in [5.41, 5.74) is 3.17. The first-order valence-electron chi connectivity index (χ1n) is 9.12. The van der Waals surface area contributed by atoms with Crippen LogP contribution >= 0.6 is 11.3 Å². The molecule has 0 spiro atoms. The second kappa shape index (κ2) is 8.03. The van der Waals surface area contributed by atoms with Crippen LogP contribution in [0.3, 0.4) is 0 Å². The molecule has 0 aliphatic rings. The molecule has 0 atom stereocenters. The minimum atomic E-state index is 0.707. The number of rotatable bonds is 6. The second-order valence-electron chi connectivity index (χ2n) is 6.90. The number of hydrogen-bond acceptors (Lipinski definition) is 6. The summed E-state index contributed by atoms with van der Waals surface area (Å²) in [6, 6.07) is 10.6. The summed E-state index contributed by atoms with van der Waals surface area (Å²) in [5.74, 6) is 1.61. The fourth-order valence-corrected chi connectivity index (χ4v) is 3.89. The van der Waals surface area contributed by atoms with E-state index in [0.29, 0.717) is 10.7 Å². The van der Waals surface area contributed by atoms with Gasteiger partial charge in [-0.05, 0) is 33.0 Å². The first kappa shape index (κ1) is 19.3. The van der Waals surface area contributed by atoms with E-state index in [-0.39, 0.29) is 0 Å². The molecule has 0 aliphatic heterocycles. The van der Waals surface area contributed by atoms with E-state index in [1.54, 1.807) is 0 Å². The Bertz CT molecular complexity index is 984. The van der Waals surface area contributed by atoms with Crippen LogP contribution < -0.4 is 4.90 Å². The van der Waals surface area contributed by atoms with Crippen LogP contribution in [0.2, 0.25) is 0 Å². The molecule has 140 valence electrons. The quantitative estimate of drug-likeness (QED) is 0.641. The molecule has 0 unspecified atom stereocenters. The van der Waals surface area contributed by atoms with Gasteiger partial charge >= 0.3 is 0 Å². The standard InChI is InChI=1S/C21H25N5S/c1-6-25(4)11-12-26(5)20-18-15(3)17(13-22)27-21(18)24-19(23-20)16-9-7-14(2)8-10-16/h7-10H,6,11-12H2,1-5H3. The van der Waals surface area contributed by atoms with Crippen molar-refractivity contribution in [3.63, 3.8) is 0 Å². The smallest absolute Gasteiger partial charge is 0.163 e. The molecular weight excluding hydrogens is 354 g/mol. The highest BCUT2D eigenvalue weighted by Crippen LogP contribution is 2.36. The second-order valence-corrected chi connectivity index (χ2v) is 7.90. The maximum Gasteiger partial charge on any atom is 0.163 e. The van der Waals surface area contributed by atoms with Crippen molar-refractivity contribution < 1.29 is 0 Å². The third-order valence-corrected chi connectivity index (χ3v) is 5.99. The first-order valence-corrected chi connectivity index (χ1v) is 9.94. The summed E-state index contributed by atoms with van der Waals surface area (Å²) in [4.78, 5) is 15.7. The van der Waals surface area contributed by atoms with Gasteiger partial charge in [0.25, 0.3) is 0 Å². The van der Waals surface area contributed by atoms with Gasteiger partial charge in [-0.3, -0.25) is 0 Å². The maximum atomic E-state index is 9.47. The van der Waals surface area contributed by atoms with Crippen LogP contribution in [0.15, 0.2) is 24.3 Å². The van der Waals surface area contributed by atoms with Gasteiger partial charge in [0.2, 0.25) is 0 Å². The van der Waals surface area contributed by atoms with E-state index >= 15 is 0 Å². The average Bonchev–Trinajstić information content (AvgIpc) is 3.01. The molecule has 27 heavy (non-hydrogen) atoms. The third-order valence-electron chi connectivity index (χ3n) is 4.90. The predicted octanol–water partition coefficient (Wildman–Crippen LogP) is 4.23. The van der Waals surface area contributed by atoms with Crippen LogP contribution in [0, 0.1) is 25.2 Å². The van der Waals surface area contributed by atoms with Crippen LogP contribution in [0.25, 0.3) is 21.6 Å². The fourth-order valence-electron chi connectivity index (χ4n) is 2.92. The molecule has 5 nitrogen and oxygen atoms in total. The number of fused-ring (bicyclic) bond motifs is 1. The lowest BCUT2D eigenvalue weighted by molar-refractivity contribution is 0.360. The van der Waals surface area contributed by atoms with Crippen molar-refractivity contribution in [1.29, 1.82) is 5.26 Å². The van der Waals surface area contributed by atoms with Gasteiger partial charge in [0, 0.05) is 25.7 Å². The van der Waals surface area contributed by atoms with Crippen molar-refractivity contribution in [2.75, 3.05) is 38.6 Å². The van der Waals surface area contributed by atoms with Crippen molar-refractivity contribution in [2.45, 2.75) is 20.8 Å². The van der Waals surface area contributed by atoms with E-state index in [9.17, 15) is 5.26 Å². The Morgan fingerprint density at radius 3 is 2.41 bits per heavy atom. The number of hydrogen-bond donors (Lipinski definition) is 0. The summed E-state index contributed by atoms with van der Waals surface area (Å²) in [6.07, 6.45) is 0. The zero-order chi connectivity index (χ0) is 19.6. The van der Waals surface area contributed by atoms with Crippen molar-refractivity contribution in [3.8, 4) is 17.5 Å². The number of aryl methyl sites for hydroxylation is 2. The SMILES string of the molecule is CCN(C)CCN(C)c1nc(-c2ccc(C)cc2)nc2sc(C#N)c(C)c12. The van der Waals surface area contributed by atoms with Crippen LogP contribution in [-0.4, -0.2) is 48.6 Å². The number of thiophene rings is 1. The predicted molar refractivity (Wildman–Crippen MR) is 113 cm³/mol. The minimum Gasteiger partial charge on any atom is -0.358 e. The Labute approximate surface area is 164 Å². The Kier molecular flexibility index (Phi) is 5.73. The number of benzene rings is 1. The Hall–Kier alpha value is -2.49. The van der Waals surface area contributed by atoms with Gasteiger partial charge in [-0.15, -0.1) is 11.3 Å². The lowest BCUT2D eigenvalue weighted by atomic mass is 10.1. The Morgan fingerprint density at radius 2 is 1.78 bits per heavy atom. The molecular formula is C21H25N5S. The number of nitrogens with zero attached hydrogens (tertiary/aromatic N) is 5. The van der Waals surface area contributed by atoms with Gasteiger partial charge in [-0.25, -0.2) is 9.97 Å². The number of nitriles is 1. The van der Waals surface area contributed by atoms with E-state index in [1.165, 1.54) is 16.9 Å². The zero-order valence-corrected chi connectivity index (χ0v) is 17.4. The van der Waals surface area contributed by atoms with Gasteiger partial charge in [-0.2, -0.15) is 5.26 Å². The topological polar surface area (TPSA) is 56.1 Å². The van der Waals surface area contributed by atoms with Crippen LogP contribution in [0.5, 0.6) is 0 Å². The normalized spacial score (nSPS) is 11.1. The first-order chi connectivity index (χ1) is 12.9. The number of anilines is 1. The molecule has 1 aromatic carbocycles. The molecule has 3 aromatic rings. The fraction of sp³-hybridized carbons (Fsp3) is 0.381. The third kappa shape index (κ3) is 3.95. The lowest BCUT2D eigenvalue weighted by Gasteiger charge is -2.23. The van der Waals surface area contributed by atoms with Crippen LogP contribution in [0.4, 0.5) is 5.82 Å². The van der Waals surface area contributed by atoms with Crippen LogP contribution in [0.1, 0.15) is 22.9 Å². The van der Waals surface area contributed by atoms with E-state index in [0.717, 1.165) is 46.8 Å². The van der Waals surface area contributed by atoms with E-state index in [2.05, 4.69) is 68.1 Å². The highest BCUT2D eigenvalue weighted by molar-refractivity contribution is 7.19. The van der Waals surface area contributed by atoms with Crippen molar-refractivity contribution in [3.05, 3.63) is 40.3 Å². The summed E-state index contributed by atoms with van der Waals surface area (Å²) in [7, 11) is 4.18. The zero-order valence-electron chi connectivity index (χ0n) is 16.6. The lowest BCUT2D eigenvalue weighted by Crippen LogP contribution is -2.31. The largest absolute Gasteiger partial charge is 0.358 e. The molecule has 0 saturated carbocycles. The molecule has 2 heterocycles. The Morgan fingerprint density at radius 1 is 1.07 bits per heavy atom. The van der Waals surface area contributed by atoms with Gasteiger partial charge in [0.15, 0.2) is 5.82 Å². The molecule has 0 bridgehead atoms. The molecule has 0 N–H and O–H groups in total. The minimum absolute atomic E-state index is 0.707. The summed E-state index contributed by atoms with van der Waals surface area (Å²) < 4.78 is 0. The van der Waals surface area contributed by atoms with Crippen molar-refractivity contribution >= 4 is 27.4 Å². The summed E-state index contributed by atoms with van der Waals surface area (Å²) in [5, 5.41) is 10.5. The molecule has 0 aliphatic carbocycles. The maximum absolute atomic E-state index is 9.47.